The predicted octanol–water partition coefficient (Wildman–Crippen LogP) is 4.49. The van der Waals surface area contributed by atoms with Crippen molar-refractivity contribution in [2.24, 2.45) is 0 Å². The molecule has 0 spiro atoms. The summed E-state index contributed by atoms with van der Waals surface area (Å²) < 4.78 is 19.9. The van der Waals surface area contributed by atoms with Crippen LogP contribution in [0.25, 0.3) is 0 Å². The van der Waals surface area contributed by atoms with Crippen molar-refractivity contribution < 1.29 is 9.13 Å². The van der Waals surface area contributed by atoms with Crippen LogP contribution >= 0.6 is 15.9 Å². The number of ether oxygens (including phenoxy) is 1. The summed E-state index contributed by atoms with van der Waals surface area (Å²) in [5.41, 5.74) is 1.83. The van der Waals surface area contributed by atoms with Crippen molar-refractivity contribution in [2.45, 2.75) is 19.4 Å². The molecule has 2 rings (SSSR count). The molecule has 1 atom stereocenters. The molecule has 0 aliphatic rings. The molecule has 21 heavy (non-hydrogen) atoms. The Kier molecular flexibility index (Phi) is 5.76. The smallest absolute Gasteiger partial charge is 0.127 e. The summed E-state index contributed by atoms with van der Waals surface area (Å²) in [4.78, 5) is 0. The average molecular weight is 352 g/mol. The van der Waals surface area contributed by atoms with Gasteiger partial charge >= 0.3 is 0 Å². The third-order valence-electron chi connectivity index (χ3n) is 3.41. The predicted molar refractivity (Wildman–Crippen MR) is 87.2 cm³/mol. The fourth-order valence-electron chi connectivity index (χ4n) is 2.30. The monoisotopic (exact) mass is 351 g/mol. The first-order chi connectivity index (χ1) is 10.1. The highest BCUT2D eigenvalue weighted by Gasteiger charge is 2.14. The first kappa shape index (κ1) is 16.0. The second kappa shape index (κ2) is 7.57. The Bertz CT molecular complexity index is 586. The lowest BCUT2D eigenvalue weighted by Gasteiger charge is -2.19. The van der Waals surface area contributed by atoms with Gasteiger partial charge in [-0.1, -0.05) is 41.1 Å². The van der Waals surface area contributed by atoms with E-state index in [1.807, 2.05) is 36.4 Å². The molecule has 0 fully saturated rings. The molecular weight excluding hydrogens is 333 g/mol. The number of benzene rings is 2. The number of hydrogen-bond acceptors (Lipinski definition) is 2. The fraction of sp³-hybridized carbons (Fsp3) is 0.294. The Labute approximate surface area is 133 Å². The van der Waals surface area contributed by atoms with Gasteiger partial charge in [-0.15, -0.1) is 0 Å². The first-order valence-electron chi connectivity index (χ1n) is 6.95. The molecule has 2 nitrogen and oxygen atoms in total. The van der Waals surface area contributed by atoms with Crippen LogP contribution < -0.4 is 10.1 Å². The highest BCUT2D eigenvalue weighted by Crippen LogP contribution is 2.24. The SMILES string of the molecule is CCNC(Cc1ccc(Br)cc1F)c1ccc(OC)cc1. The number of likely N-dealkylation sites (N-methyl/N-ethyl adjacent to an activating group) is 1. The largest absolute Gasteiger partial charge is 0.497 e. The lowest BCUT2D eigenvalue weighted by atomic mass is 9.98. The molecule has 0 radical (unpaired) electrons. The summed E-state index contributed by atoms with van der Waals surface area (Å²) in [7, 11) is 1.65. The van der Waals surface area contributed by atoms with Crippen LogP contribution in [0, 0.1) is 5.82 Å². The second-order valence-corrected chi connectivity index (χ2v) is 5.74. The maximum absolute atomic E-state index is 14.0. The van der Waals surface area contributed by atoms with Gasteiger partial charge in [0.05, 0.1) is 7.11 Å². The van der Waals surface area contributed by atoms with Gasteiger partial charge in [0.25, 0.3) is 0 Å². The van der Waals surface area contributed by atoms with Crippen molar-refractivity contribution in [1.82, 2.24) is 5.32 Å². The molecule has 4 heteroatoms. The van der Waals surface area contributed by atoms with Gasteiger partial charge in [-0.3, -0.25) is 0 Å². The molecule has 0 aromatic heterocycles. The molecule has 112 valence electrons. The standard InChI is InChI=1S/C17H19BrFNO/c1-3-20-17(12-5-8-15(21-2)9-6-12)10-13-4-7-14(18)11-16(13)19/h4-9,11,17,20H,3,10H2,1-2H3. The van der Waals surface area contributed by atoms with Crippen LogP contribution in [0.2, 0.25) is 0 Å². The van der Waals surface area contributed by atoms with E-state index in [0.717, 1.165) is 22.3 Å². The number of halogens is 2. The maximum atomic E-state index is 14.0. The van der Waals surface area contributed by atoms with Crippen molar-refractivity contribution >= 4 is 15.9 Å². The van der Waals surface area contributed by atoms with Gasteiger partial charge in [-0.25, -0.2) is 4.39 Å². The average Bonchev–Trinajstić information content (AvgIpc) is 2.49. The molecule has 2 aromatic carbocycles. The molecule has 2 aromatic rings. The number of methoxy groups -OCH3 is 1. The minimum Gasteiger partial charge on any atom is -0.497 e. The molecule has 0 heterocycles. The van der Waals surface area contributed by atoms with E-state index >= 15 is 0 Å². The lowest BCUT2D eigenvalue weighted by Crippen LogP contribution is -2.23. The van der Waals surface area contributed by atoms with Crippen LogP contribution in [0.1, 0.15) is 24.1 Å². The zero-order chi connectivity index (χ0) is 15.2. The zero-order valence-corrected chi connectivity index (χ0v) is 13.8. The lowest BCUT2D eigenvalue weighted by molar-refractivity contribution is 0.414. The Hall–Kier alpha value is -1.39. The summed E-state index contributed by atoms with van der Waals surface area (Å²) in [6.45, 7) is 2.88. The number of nitrogens with one attached hydrogen (secondary N) is 1. The van der Waals surface area contributed by atoms with Crippen LogP contribution in [0.5, 0.6) is 5.75 Å². The molecule has 0 saturated carbocycles. The first-order valence-corrected chi connectivity index (χ1v) is 7.74. The van der Waals surface area contributed by atoms with E-state index in [4.69, 9.17) is 4.74 Å². The quantitative estimate of drug-likeness (QED) is 0.827. The molecule has 0 bridgehead atoms. The molecule has 0 aliphatic carbocycles. The van der Waals surface area contributed by atoms with Crippen molar-refractivity contribution in [1.29, 1.82) is 0 Å². The van der Waals surface area contributed by atoms with Gasteiger partial charge in [-0.05, 0) is 48.4 Å². The summed E-state index contributed by atoms with van der Waals surface area (Å²) in [5.74, 6) is 0.643. The topological polar surface area (TPSA) is 21.3 Å². The van der Waals surface area contributed by atoms with E-state index in [0.29, 0.717) is 12.0 Å². The summed E-state index contributed by atoms with van der Waals surface area (Å²) in [6, 6.07) is 13.2. The minimum atomic E-state index is -0.180. The fourth-order valence-corrected chi connectivity index (χ4v) is 2.63. The minimum absolute atomic E-state index is 0.0802. The second-order valence-electron chi connectivity index (χ2n) is 4.82. The van der Waals surface area contributed by atoms with E-state index in [1.54, 1.807) is 7.11 Å². The summed E-state index contributed by atoms with van der Waals surface area (Å²) in [6.07, 6.45) is 0.610. The van der Waals surface area contributed by atoms with Crippen molar-refractivity contribution in [2.75, 3.05) is 13.7 Å². The Morgan fingerprint density at radius 1 is 1.19 bits per heavy atom. The van der Waals surface area contributed by atoms with Gasteiger partial charge < -0.3 is 10.1 Å². The molecular formula is C17H19BrFNO. The van der Waals surface area contributed by atoms with Crippen LogP contribution in [-0.2, 0) is 6.42 Å². The van der Waals surface area contributed by atoms with E-state index in [2.05, 4.69) is 28.2 Å². The van der Waals surface area contributed by atoms with Crippen LogP contribution in [0.3, 0.4) is 0 Å². The van der Waals surface area contributed by atoms with E-state index in [9.17, 15) is 4.39 Å². The van der Waals surface area contributed by atoms with Crippen LogP contribution in [-0.4, -0.2) is 13.7 Å². The van der Waals surface area contributed by atoms with Gasteiger partial charge in [-0.2, -0.15) is 0 Å². The molecule has 1 N–H and O–H groups in total. The molecule has 0 amide bonds. The van der Waals surface area contributed by atoms with E-state index in [1.165, 1.54) is 6.07 Å². The van der Waals surface area contributed by atoms with Crippen LogP contribution in [0.4, 0.5) is 4.39 Å². The maximum Gasteiger partial charge on any atom is 0.127 e. The van der Waals surface area contributed by atoms with Gasteiger partial charge in [0.15, 0.2) is 0 Å². The third kappa shape index (κ3) is 4.29. The van der Waals surface area contributed by atoms with Gasteiger partial charge in [0, 0.05) is 10.5 Å². The Balaban J connectivity index is 2.21. The third-order valence-corrected chi connectivity index (χ3v) is 3.90. The highest BCUT2D eigenvalue weighted by molar-refractivity contribution is 9.10. The number of rotatable bonds is 6. The van der Waals surface area contributed by atoms with E-state index < -0.39 is 0 Å². The molecule has 1 unspecified atom stereocenters. The van der Waals surface area contributed by atoms with Crippen LogP contribution in [0.15, 0.2) is 46.9 Å². The Morgan fingerprint density at radius 3 is 2.48 bits per heavy atom. The summed E-state index contributed by atoms with van der Waals surface area (Å²) in [5, 5.41) is 3.41. The Morgan fingerprint density at radius 2 is 1.90 bits per heavy atom. The van der Waals surface area contributed by atoms with Crippen molar-refractivity contribution in [3.05, 3.63) is 63.9 Å². The normalized spacial score (nSPS) is 12.2. The molecule has 0 aliphatic heterocycles. The highest BCUT2D eigenvalue weighted by atomic mass is 79.9. The summed E-state index contributed by atoms with van der Waals surface area (Å²) >= 11 is 3.28. The molecule has 0 saturated heterocycles. The van der Waals surface area contributed by atoms with Gasteiger partial charge in [0.2, 0.25) is 0 Å². The van der Waals surface area contributed by atoms with Crippen molar-refractivity contribution in [3.8, 4) is 5.75 Å². The van der Waals surface area contributed by atoms with Crippen molar-refractivity contribution in [3.63, 3.8) is 0 Å². The van der Waals surface area contributed by atoms with Gasteiger partial charge in [0.1, 0.15) is 11.6 Å². The van der Waals surface area contributed by atoms with E-state index in [-0.39, 0.29) is 11.9 Å². The zero-order valence-electron chi connectivity index (χ0n) is 12.2. The number of hydrogen-bond donors (Lipinski definition) is 1.